The molecule has 1 aromatic carbocycles. The molecule has 8 nitrogen and oxygen atoms in total. The predicted molar refractivity (Wildman–Crippen MR) is 104 cm³/mol. The fraction of sp³-hybridized carbons (Fsp3) is 0.300. The lowest BCUT2D eigenvalue weighted by molar-refractivity contribution is 0.0612. The molecule has 3 aromatic rings. The highest BCUT2D eigenvalue weighted by Crippen LogP contribution is 2.22. The number of amides is 1. The molecule has 3 heterocycles. The van der Waals surface area contributed by atoms with Crippen LogP contribution in [0.2, 0.25) is 0 Å². The van der Waals surface area contributed by atoms with Crippen LogP contribution < -0.4 is 10.9 Å². The number of aryl methyl sites for hydroxylation is 1. The maximum atomic E-state index is 13.2. The Morgan fingerprint density at radius 3 is 2.79 bits per heavy atom. The van der Waals surface area contributed by atoms with Gasteiger partial charge in [-0.05, 0) is 11.6 Å². The van der Waals surface area contributed by atoms with Crippen molar-refractivity contribution in [2.24, 2.45) is 7.05 Å². The van der Waals surface area contributed by atoms with E-state index in [1.165, 1.54) is 16.8 Å². The molecule has 0 aliphatic carbocycles. The van der Waals surface area contributed by atoms with E-state index in [2.05, 4.69) is 15.4 Å². The van der Waals surface area contributed by atoms with Crippen LogP contribution in [0, 0.1) is 0 Å². The Hall–Kier alpha value is -3.26. The van der Waals surface area contributed by atoms with E-state index in [0.717, 1.165) is 11.4 Å². The van der Waals surface area contributed by atoms with Gasteiger partial charge < -0.3 is 14.8 Å². The van der Waals surface area contributed by atoms with Crippen molar-refractivity contribution in [3.63, 3.8) is 0 Å². The smallest absolute Gasteiger partial charge is 0.275 e. The Labute approximate surface area is 162 Å². The standard InChI is InChI=1S/C20H22N6O2/c1-24-11-10-22-19(24)17-13-21-9-12-25(17)20(28)16-7-8-18(27)26(23-16)14-15-5-3-2-4-6-15/h2-8,10-11,17,21H,9,12-14H2,1H3. The molecule has 0 spiro atoms. The van der Waals surface area contributed by atoms with Crippen molar-refractivity contribution in [2.75, 3.05) is 19.6 Å². The van der Waals surface area contributed by atoms with E-state index in [1.54, 1.807) is 11.1 Å². The van der Waals surface area contributed by atoms with E-state index in [1.807, 2.05) is 48.1 Å². The molecule has 8 heteroatoms. The summed E-state index contributed by atoms with van der Waals surface area (Å²) in [5.74, 6) is 0.620. The van der Waals surface area contributed by atoms with Gasteiger partial charge in [-0.15, -0.1) is 0 Å². The number of aromatic nitrogens is 4. The summed E-state index contributed by atoms with van der Waals surface area (Å²) in [6.45, 7) is 2.21. The summed E-state index contributed by atoms with van der Waals surface area (Å²) in [5.41, 5.74) is 0.979. The highest BCUT2D eigenvalue weighted by molar-refractivity contribution is 5.92. The molecule has 1 unspecified atom stereocenters. The summed E-state index contributed by atoms with van der Waals surface area (Å²) < 4.78 is 3.25. The third-order valence-electron chi connectivity index (χ3n) is 4.92. The molecule has 28 heavy (non-hydrogen) atoms. The lowest BCUT2D eigenvalue weighted by Gasteiger charge is -2.35. The Kier molecular flexibility index (Phi) is 5.03. The van der Waals surface area contributed by atoms with Gasteiger partial charge in [0, 0.05) is 45.1 Å². The Morgan fingerprint density at radius 1 is 1.21 bits per heavy atom. The first-order valence-electron chi connectivity index (χ1n) is 9.24. The highest BCUT2D eigenvalue weighted by Gasteiger charge is 2.31. The summed E-state index contributed by atoms with van der Waals surface area (Å²) in [6.07, 6.45) is 3.59. The number of piperazine rings is 1. The first-order chi connectivity index (χ1) is 13.6. The Bertz CT molecular complexity index is 1030. The van der Waals surface area contributed by atoms with Crippen LogP contribution in [-0.4, -0.2) is 49.8 Å². The topological polar surface area (TPSA) is 85.0 Å². The average molecular weight is 378 g/mol. The maximum Gasteiger partial charge on any atom is 0.275 e. The van der Waals surface area contributed by atoms with Crippen molar-refractivity contribution < 1.29 is 4.79 Å². The molecular formula is C20H22N6O2. The van der Waals surface area contributed by atoms with Crippen LogP contribution in [-0.2, 0) is 13.6 Å². The monoisotopic (exact) mass is 378 g/mol. The molecule has 0 saturated carbocycles. The van der Waals surface area contributed by atoms with Gasteiger partial charge in [0.05, 0.1) is 6.54 Å². The molecule has 1 atom stereocenters. The van der Waals surface area contributed by atoms with E-state index in [4.69, 9.17) is 0 Å². The minimum atomic E-state index is -0.235. The van der Waals surface area contributed by atoms with Crippen LogP contribution in [0.3, 0.4) is 0 Å². The van der Waals surface area contributed by atoms with Crippen LogP contribution >= 0.6 is 0 Å². The van der Waals surface area contributed by atoms with E-state index < -0.39 is 0 Å². The van der Waals surface area contributed by atoms with E-state index >= 15 is 0 Å². The SMILES string of the molecule is Cn1ccnc1C1CNCCN1C(=O)c1ccc(=O)n(Cc2ccccc2)n1. The van der Waals surface area contributed by atoms with Gasteiger partial charge in [-0.2, -0.15) is 5.10 Å². The van der Waals surface area contributed by atoms with E-state index in [9.17, 15) is 9.59 Å². The fourth-order valence-electron chi connectivity index (χ4n) is 3.46. The summed E-state index contributed by atoms with van der Waals surface area (Å²) >= 11 is 0. The number of nitrogens with one attached hydrogen (secondary N) is 1. The molecule has 1 N–H and O–H groups in total. The first-order valence-corrected chi connectivity index (χ1v) is 9.24. The first kappa shape index (κ1) is 18.1. The highest BCUT2D eigenvalue weighted by atomic mass is 16.2. The summed E-state index contributed by atoms with van der Waals surface area (Å²) in [7, 11) is 1.91. The van der Waals surface area contributed by atoms with Crippen LogP contribution in [0.25, 0.3) is 0 Å². The van der Waals surface area contributed by atoms with Crippen LogP contribution in [0.15, 0.2) is 59.7 Å². The van der Waals surface area contributed by atoms with E-state index in [-0.39, 0.29) is 23.2 Å². The molecule has 1 aliphatic heterocycles. The zero-order chi connectivity index (χ0) is 19.5. The largest absolute Gasteiger partial charge is 0.336 e. The fourth-order valence-corrected chi connectivity index (χ4v) is 3.46. The van der Waals surface area contributed by atoms with Gasteiger partial charge in [0.1, 0.15) is 17.6 Å². The van der Waals surface area contributed by atoms with Crippen molar-refractivity contribution in [1.82, 2.24) is 29.5 Å². The van der Waals surface area contributed by atoms with Gasteiger partial charge in [-0.1, -0.05) is 30.3 Å². The Balaban J connectivity index is 1.62. The lowest BCUT2D eigenvalue weighted by Crippen LogP contribution is -2.49. The molecular weight excluding hydrogens is 356 g/mol. The van der Waals surface area contributed by atoms with Gasteiger partial charge in [0.2, 0.25) is 0 Å². The van der Waals surface area contributed by atoms with Crippen molar-refractivity contribution in [2.45, 2.75) is 12.6 Å². The molecule has 1 amide bonds. The summed E-state index contributed by atoms with van der Waals surface area (Å²) in [5, 5.41) is 7.66. The average Bonchev–Trinajstić information content (AvgIpc) is 3.15. The van der Waals surface area contributed by atoms with Gasteiger partial charge in [0.15, 0.2) is 0 Å². The summed E-state index contributed by atoms with van der Waals surface area (Å²) in [4.78, 5) is 31.6. The second kappa shape index (κ2) is 7.77. The molecule has 1 fully saturated rings. The van der Waals surface area contributed by atoms with E-state index in [0.29, 0.717) is 26.2 Å². The predicted octanol–water partition coefficient (Wildman–Crippen LogP) is 0.812. The van der Waals surface area contributed by atoms with Crippen molar-refractivity contribution in [1.29, 1.82) is 0 Å². The number of rotatable bonds is 4. The lowest BCUT2D eigenvalue weighted by atomic mass is 10.1. The van der Waals surface area contributed by atoms with Crippen LogP contribution in [0.1, 0.15) is 27.9 Å². The number of benzene rings is 1. The third-order valence-corrected chi connectivity index (χ3v) is 4.92. The Morgan fingerprint density at radius 2 is 2.04 bits per heavy atom. The van der Waals surface area contributed by atoms with Crippen molar-refractivity contribution >= 4 is 5.91 Å². The molecule has 1 aliphatic rings. The number of carbonyl (C=O) groups is 1. The van der Waals surface area contributed by atoms with Gasteiger partial charge in [0.25, 0.3) is 11.5 Å². The second-order valence-electron chi connectivity index (χ2n) is 6.81. The number of carbonyl (C=O) groups excluding carboxylic acids is 1. The van der Waals surface area contributed by atoms with Crippen LogP contribution in [0.5, 0.6) is 0 Å². The molecule has 2 aromatic heterocycles. The molecule has 4 rings (SSSR count). The van der Waals surface area contributed by atoms with Gasteiger partial charge in [-0.25, -0.2) is 9.67 Å². The summed E-state index contributed by atoms with van der Waals surface area (Å²) in [6, 6.07) is 12.3. The second-order valence-corrected chi connectivity index (χ2v) is 6.81. The quantitative estimate of drug-likeness (QED) is 0.726. The number of nitrogens with zero attached hydrogens (tertiary/aromatic N) is 5. The zero-order valence-electron chi connectivity index (χ0n) is 15.7. The minimum Gasteiger partial charge on any atom is -0.336 e. The molecule has 0 radical (unpaired) electrons. The molecule has 1 saturated heterocycles. The number of hydrogen-bond acceptors (Lipinski definition) is 5. The maximum absolute atomic E-state index is 13.2. The normalized spacial score (nSPS) is 16.9. The van der Waals surface area contributed by atoms with Crippen molar-refractivity contribution in [3.8, 4) is 0 Å². The molecule has 144 valence electrons. The number of hydrogen-bond donors (Lipinski definition) is 1. The third kappa shape index (κ3) is 3.59. The minimum absolute atomic E-state index is 0.183. The van der Waals surface area contributed by atoms with Crippen LogP contribution in [0.4, 0.5) is 0 Å². The molecule has 0 bridgehead atoms. The zero-order valence-corrected chi connectivity index (χ0v) is 15.7. The van der Waals surface area contributed by atoms with Gasteiger partial charge in [-0.3, -0.25) is 9.59 Å². The van der Waals surface area contributed by atoms with Gasteiger partial charge >= 0.3 is 0 Å². The van der Waals surface area contributed by atoms with Crippen molar-refractivity contribution in [3.05, 3.63) is 82.3 Å². The number of imidazole rings is 1.